The Kier molecular flexibility index (Phi) is 7.44. The highest BCUT2D eigenvalue weighted by Crippen LogP contribution is 2.48. The third-order valence-corrected chi connectivity index (χ3v) is 6.09. The summed E-state index contributed by atoms with van der Waals surface area (Å²) >= 11 is 0. The number of aromatic hydroxyl groups is 3. The van der Waals surface area contributed by atoms with Crippen LogP contribution in [0.2, 0.25) is 0 Å². The number of hydrogen-bond donors (Lipinski definition) is 3. The molecule has 1 aliphatic rings. The third kappa shape index (κ3) is 4.98. The fourth-order valence-electron chi connectivity index (χ4n) is 4.14. The molecular weight excluding hydrogens is 436 g/mol. The van der Waals surface area contributed by atoms with Gasteiger partial charge in [-0.1, -0.05) is 23.8 Å². The molecule has 0 bridgehead atoms. The maximum Gasteiger partial charge on any atom is 0.174 e. The van der Waals surface area contributed by atoms with Crippen LogP contribution < -0.4 is 14.2 Å². The maximum absolute atomic E-state index is 13.1. The third-order valence-electron chi connectivity index (χ3n) is 6.09. The van der Waals surface area contributed by atoms with Crippen LogP contribution in [-0.4, -0.2) is 35.3 Å². The Hall–Kier alpha value is -3.61. The molecule has 3 N–H and O–H groups in total. The highest BCUT2D eigenvalue weighted by Gasteiger charge is 2.36. The number of carbonyl (C=O) groups is 1. The minimum absolute atomic E-state index is 0.0543. The molecule has 0 aromatic heterocycles. The fraction of sp³-hybridized carbons (Fsp3) is 0.370. The smallest absolute Gasteiger partial charge is 0.174 e. The number of phenols is 3. The first-order valence-electron chi connectivity index (χ1n) is 11.1. The molecule has 2 aromatic carbocycles. The summed E-state index contributed by atoms with van der Waals surface area (Å²) in [6.07, 6.45) is 2.42. The largest absolute Gasteiger partial charge is 0.507 e. The second-order valence-electron chi connectivity index (χ2n) is 8.86. The number of hydrogen-bond acceptors (Lipinski definition) is 7. The van der Waals surface area contributed by atoms with E-state index in [1.807, 2.05) is 20.8 Å². The molecule has 2 aromatic rings. The lowest BCUT2D eigenvalue weighted by atomic mass is 9.86. The van der Waals surface area contributed by atoms with Crippen LogP contribution >= 0.6 is 0 Å². The lowest BCUT2D eigenvalue weighted by molar-refractivity contribution is 0.0838. The lowest BCUT2D eigenvalue weighted by Crippen LogP contribution is -2.23. The van der Waals surface area contributed by atoms with Crippen LogP contribution in [-0.2, 0) is 6.42 Å². The minimum atomic E-state index is -0.846. The zero-order chi connectivity index (χ0) is 25.2. The summed E-state index contributed by atoms with van der Waals surface area (Å²) in [5.41, 5.74) is 3.20. The number of fused-ring (bicyclic) bond motifs is 1. The van der Waals surface area contributed by atoms with Gasteiger partial charge in [0.15, 0.2) is 17.3 Å². The summed E-state index contributed by atoms with van der Waals surface area (Å²) in [5, 5.41) is 31.0. The first-order valence-corrected chi connectivity index (χ1v) is 11.1. The van der Waals surface area contributed by atoms with Gasteiger partial charge in [0.1, 0.15) is 34.7 Å². The van der Waals surface area contributed by atoms with Crippen molar-refractivity contribution in [2.45, 2.75) is 46.1 Å². The molecule has 0 saturated carbocycles. The molecule has 2 unspecified atom stereocenters. The van der Waals surface area contributed by atoms with E-state index in [0.717, 1.165) is 18.1 Å². The van der Waals surface area contributed by atoms with E-state index in [-0.39, 0.29) is 52.4 Å². The molecule has 0 saturated heterocycles. The number of Topliss-reactive ketones (excluding diaryl/α,β-unsaturated/α-hetero) is 1. The van der Waals surface area contributed by atoms with Crippen LogP contribution in [0.25, 0.3) is 0 Å². The van der Waals surface area contributed by atoms with E-state index in [4.69, 9.17) is 14.2 Å². The number of benzene rings is 2. The van der Waals surface area contributed by atoms with Crippen molar-refractivity contribution in [2.24, 2.45) is 5.92 Å². The van der Waals surface area contributed by atoms with E-state index in [2.05, 4.69) is 12.7 Å². The quantitative estimate of drug-likeness (QED) is 0.432. The topological polar surface area (TPSA) is 105 Å². The van der Waals surface area contributed by atoms with Crippen molar-refractivity contribution in [1.29, 1.82) is 0 Å². The predicted octanol–water partition coefficient (Wildman–Crippen LogP) is 5.62. The number of phenolic OH excluding ortho intramolecular Hbond substituents is 3. The van der Waals surface area contributed by atoms with Gasteiger partial charge in [-0.3, -0.25) is 4.79 Å². The SMILES string of the molecule is C=C(C)C(CC=C(C)C)Cc1c(OC)cc(O)c2c1OC(c1cc(OC)c(O)cc1O)CC2=O. The summed E-state index contributed by atoms with van der Waals surface area (Å²) < 4.78 is 17.0. The molecule has 1 heterocycles. The van der Waals surface area contributed by atoms with Crippen molar-refractivity contribution in [3.63, 3.8) is 0 Å². The van der Waals surface area contributed by atoms with Gasteiger partial charge in [-0.15, -0.1) is 0 Å². The van der Waals surface area contributed by atoms with Crippen LogP contribution in [0.15, 0.2) is 42.0 Å². The fourth-order valence-corrected chi connectivity index (χ4v) is 4.14. The first-order chi connectivity index (χ1) is 16.1. The molecule has 0 radical (unpaired) electrons. The Labute approximate surface area is 199 Å². The first kappa shape index (κ1) is 25.0. The number of rotatable bonds is 8. The summed E-state index contributed by atoms with van der Waals surface area (Å²) in [5.74, 6) is -0.163. The van der Waals surface area contributed by atoms with Gasteiger partial charge in [-0.05, 0) is 45.6 Å². The van der Waals surface area contributed by atoms with Gasteiger partial charge in [0, 0.05) is 23.3 Å². The van der Waals surface area contributed by atoms with Gasteiger partial charge >= 0.3 is 0 Å². The summed E-state index contributed by atoms with van der Waals surface area (Å²) in [7, 11) is 2.89. The van der Waals surface area contributed by atoms with E-state index in [0.29, 0.717) is 23.3 Å². The number of allylic oxidation sites excluding steroid dienone is 3. The van der Waals surface area contributed by atoms with Crippen LogP contribution in [0, 0.1) is 5.92 Å². The van der Waals surface area contributed by atoms with Crippen molar-refractivity contribution in [2.75, 3.05) is 14.2 Å². The van der Waals surface area contributed by atoms with Gasteiger partial charge in [0.25, 0.3) is 0 Å². The van der Waals surface area contributed by atoms with Gasteiger partial charge in [-0.25, -0.2) is 0 Å². The number of ketones is 1. The number of carbonyl (C=O) groups excluding carboxylic acids is 1. The second-order valence-corrected chi connectivity index (χ2v) is 8.86. The van der Waals surface area contributed by atoms with Gasteiger partial charge < -0.3 is 29.5 Å². The van der Waals surface area contributed by atoms with E-state index in [1.165, 1.54) is 31.9 Å². The van der Waals surface area contributed by atoms with Gasteiger partial charge in [-0.2, -0.15) is 0 Å². The molecule has 182 valence electrons. The highest BCUT2D eigenvalue weighted by atomic mass is 16.5. The van der Waals surface area contributed by atoms with E-state index >= 15 is 0 Å². The van der Waals surface area contributed by atoms with Crippen molar-refractivity contribution >= 4 is 5.78 Å². The summed E-state index contributed by atoms with van der Waals surface area (Å²) in [4.78, 5) is 13.1. The Bertz CT molecular complexity index is 1140. The molecule has 1 aliphatic heterocycles. The molecule has 3 rings (SSSR count). The minimum Gasteiger partial charge on any atom is -0.507 e. The van der Waals surface area contributed by atoms with Gasteiger partial charge in [0.05, 0.1) is 20.6 Å². The molecule has 0 aliphatic carbocycles. The molecule has 7 nitrogen and oxygen atoms in total. The molecule has 7 heteroatoms. The summed E-state index contributed by atoms with van der Waals surface area (Å²) in [6, 6.07) is 4.03. The van der Waals surface area contributed by atoms with Gasteiger partial charge in [0.2, 0.25) is 0 Å². The molecule has 34 heavy (non-hydrogen) atoms. The van der Waals surface area contributed by atoms with Crippen molar-refractivity contribution < 1.29 is 34.3 Å². The predicted molar refractivity (Wildman–Crippen MR) is 129 cm³/mol. The average Bonchev–Trinajstić information content (AvgIpc) is 2.76. The molecule has 0 amide bonds. The van der Waals surface area contributed by atoms with Crippen molar-refractivity contribution in [1.82, 2.24) is 0 Å². The zero-order valence-electron chi connectivity index (χ0n) is 20.3. The van der Waals surface area contributed by atoms with E-state index in [1.54, 1.807) is 0 Å². The lowest BCUT2D eigenvalue weighted by Gasteiger charge is -2.30. The monoisotopic (exact) mass is 468 g/mol. The van der Waals surface area contributed by atoms with Crippen LogP contribution in [0.5, 0.6) is 34.5 Å². The Balaban J connectivity index is 2.12. The number of ether oxygens (including phenoxy) is 3. The number of methoxy groups -OCH3 is 2. The standard InChI is InChI=1S/C27H32O7/c1-14(2)7-8-16(15(3)4)9-18-23(32-5)12-21(30)26-22(31)13-24(34-27(18)26)17-10-25(33-6)20(29)11-19(17)28/h7,10-12,16,24,28-30H,3,8-9,13H2,1-2,4-6H3. The highest BCUT2D eigenvalue weighted by molar-refractivity contribution is 6.03. The van der Waals surface area contributed by atoms with E-state index in [9.17, 15) is 20.1 Å². The van der Waals surface area contributed by atoms with Crippen LogP contribution in [0.4, 0.5) is 0 Å². The Morgan fingerprint density at radius 3 is 2.35 bits per heavy atom. The summed E-state index contributed by atoms with van der Waals surface area (Å²) in [6.45, 7) is 10.2. The van der Waals surface area contributed by atoms with E-state index < -0.39 is 6.10 Å². The molecule has 2 atom stereocenters. The maximum atomic E-state index is 13.1. The molecule has 0 spiro atoms. The Morgan fingerprint density at radius 2 is 1.76 bits per heavy atom. The zero-order valence-corrected chi connectivity index (χ0v) is 20.3. The molecule has 0 fully saturated rings. The van der Waals surface area contributed by atoms with Crippen LogP contribution in [0.3, 0.4) is 0 Å². The van der Waals surface area contributed by atoms with Crippen LogP contribution in [0.1, 0.15) is 61.2 Å². The van der Waals surface area contributed by atoms with Crippen molar-refractivity contribution in [3.05, 3.63) is 58.7 Å². The Morgan fingerprint density at radius 1 is 1.09 bits per heavy atom. The average molecular weight is 469 g/mol. The second kappa shape index (κ2) is 10.1. The molecular formula is C27H32O7. The normalized spacial score (nSPS) is 15.7. The van der Waals surface area contributed by atoms with Crippen molar-refractivity contribution in [3.8, 4) is 34.5 Å².